The van der Waals surface area contributed by atoms with Gasteiger partial charge in [-0.1, -0.05) is 13.3 Å². The highest BCUT2D eigenvalue weighted by molar-refractivity contribution is 5.77. The minimum absolute atomic E-state index is 0.158. The van der Waals surface area contributed by atoms with E-state index in [0.717, 1.165) is 25.7 Å². The molecule has 1 aliphatic rings. The molecule has 1 amide bonds. The maximum Gasteiger partial charge on any atom is 0.223 e. The van der Waals surface area contributed by atoms with Crippen LogP contribution < -0.4 is 0 Å². The van der Waals surface area contributed by atoms with E-state index < -0.39 is 0 Å². The van der Waals surface area contributed by atoms with Crippen molar-refractivity contribution in [2.75, 3.05) is 6.54 Å². The third-order valence-corrected chi connectivity index (χ3v) is 2.29. The fraction of sp³-hybridized carbons (Fsp3) is 0.800. The molecule has 0 radical (unpaired) electrons. The van der Waals surface area contributed by atoms with E-state index in [4.69, 9.17) is 5.26 Å². The number of nitrogens with zero attached hydrogens (tertiary/aromatic N) is 2. The number of carbonyl (C=O) groups excluding carboxylic acids is 1. The first-order valence-corrected chi connectivity index (χ1v) is 4.96. The second-order valence-electron chi connectivity index (χ2n) is 3.51. The van der Waals surface area contributed by atoms with E-state index in [-0.39, 0.29) is 12.5 Å². The normalized spacial score (nSPS) is 15.1. The number of amides is 1. The number of rotatable bonds is 5. The van der Waals surface area contributed by atoms with Gasteiger partial charge in [-0.05, 0) is 19.3 Å². The van der Waals surface area contributed by atoms with Crippen LogP contribution in [-0.4, -0.2) is 23.4 Å². The molecule has 0 atom stereocenters. The van der Waals surface area contributed by atoms with Gasteiger partial charge >= 0.3 is 0 Å². The first kappa shape index (κ1) is 10.0. The van der Waals surface area contributed by atoms with Crippen molar-refractivity contribution < 1.29 is 4.79 Å². The Kier molecular flexibility index (Phi) is 3.75. The van der Waals surface area contributed by atoms with E-state index in [1.807, 2.05) is 0 Å². The van der Waals surface area contributed by atoms with Crippen LogP contribution in [0.4, 0.5) is 0 Å². The Bertz CT molecular complexity index is 215. The number of hydrogen-bond acceptors (Lipinski definition) is 2. The molecule has 0 saturated heterocycles. The van der Waals surface area contributed by atoms with Crippen LogP contribution in [0.3, 0.4) is 0 Å². The average molecular weight is 180 g/mol. The summed E-state index contributed by atoms with van der Waals surface area (Å²) in [6, 6.07) is 2.43. The Balaban J connectivity index is 2.35. The van der Waals surface area contributed by atoms with Gasteiger partial charge in [-0.3, -0.25) is 4.79 Å². The third-order valence-electron chi connectivity index (χ3n) is 2.29. The predicted molar refractivity (Wildman–Crippen MR) is 49.9 cm³/mol. The van der Waals surface area contributed by atoms with Crippen molar-refractivity contribution in [1.82, 2.24) is 4.90 Å². The van der Waals surface area contributed by atoms with Gasteiger partial charge in [0, 0.05) is 12.5 Å². The van der Waals surface area contributed by atoms with Crippen molar-refractivity contribution in [2.45, 2.75) is 45.1 Å². The maximum atomic E-state index is 11.5. The molecule has 3 nitrogen and oxygen atoms in total. The Labute approximate surface area is 79.3 Å². The molecule has 0 unspecified atom stereocenters. The van der Waals surface area contributed by atoms with E-state index in [1.54, 1.807) is 4.90 Å². The summed E-state index contributed by atoms with van der Waals surface area (Å²) in [7, 11) is 0. The van der Waals surface area contributed by atoms with Gasteiger partial charge in [0.1, 0.15) is 6.54 Å². The molecule has 72 valence electrons. The zero-order chi connectivity index (χ0) is 9.68. The highest BCUT2D eigenvalue weighted by Gasteiger charge is 2.31. The van der Waals surface area contributed by atoms with E-state index in [9.17, 15) is 4.79 Å². The van der Waals surface area contributed by atoms with Crippen molar-refractivity contribution in [3.8, 4) is 6.07 Å². The smallest absolute Gasteiger partial charge is 0.223 e. The van der Waals surface area contributed by atoms with Gasteiger partial charge in [-0.2, -0.15) is 5.26 Å². The highest BCUT2D eigenvalue weighted by atomic mass is 16.2. The lowest BCUT2D eigenvalue weighted by Gasteiger charge is -2.18. The van der Waals surface area contributed by atoms with Gasteiger partial charge in [0.2, 0.25) is 5.91 Å². The summed E-state index contributed by atoms with van der Waals surface area (Å²) in [5.74, 6) is 0.158. The van der Waals surface area contributed by atoms with Crippen molar-refractivity contribution in [3.05, 3.63) is 0 Å². The van der Waals surface area contributed by atoms with Crippen LogP contribution >= 0.6 is 0 Å². The lowest BCUT2D eigenvalue weighted by atomic mass is 10.2. The van der Waals surface area contributed by atoms with Gasteiger partial charge in [0.25, 0.3) is 0 Å². The van der Waals surface area contributed by atoms with Crippen LogP contribution in [0, 0.1) is 11.3 Å². The molecule has 1 fully saturated rings. The molecule has 1 aliphatic carbocycles. The van der Waals surface area contributed by atoms with Gasteiger partial charge in [-0.15, -0.1) is 0 Å². The molecular weight excluding hydrogens is 164 g/mol. The van der Waals surface area contributed by atoms with Crippen molar-refractivity contribution in [3.63, 3.8) is 0 Å². The molecule has 0 spiro atoms. The van der Waals surface area contributed by atoms with Crippen molar-refractivity contribution in [2.24, 2.45) is 0 Å². The highest BCUT2D eigenvalue weighted by Crippen LogP contribution is 2.27. The zero-order valence-electron chi connectivity index (χ0n) is 8.12. The summed E-state index contributed by atoms with van der Waals surface area (Å²) < 4.78 is 0. The van der Waals surface area contributed by atoms with E-state index >= 15 is 0 Å². The molecule has 0 aromatic heterocycles. The maximum absolute atomic E-state index is 11.5. The molecule has 1 rings (SSSR count). The number of hydrogen-bond donors (Lipinski definition) is 0. The Morgan fingerprint density at radius 2 is 2.31 bits per heavy atom. The summed E-state index contributed by atoms with van der Waals surface area (Å²) >= 11 is 0. The molecule has 0 aromatic carbocycles. The summed E-state index contributed by atoms with van der Waals surface area (Å²) in [6.07, 6.45) is 4.75. The molecule has 13 heavy (non-hydrogen) atoms. The number of nitriles is 1. The second-order valence-corrected chi connectivity index (χ2v) is 3.51. The van der Waals surface area contributed by atoms with E-state index in [1.165, 1.54) is 0 Å². The lowest BCUT2D eigenvalue weighted by molar-refractivity contribution is -0.131. The quantitative estimate of drug-likeness (QED) is 0.604. The summed E-state index contributed by atoms with van der Waals surface area (Å²) in [6.45, 7) is 2.34. The Morgan fingerprint density at radius 1 is 1.62 bits per heavy atom. The van der Waals surface area contributed by atoms with Crippen LogP contribution in [0.5, 0.6) is 0 Å². The standard InChI is InChI=1S/C10H16N2O/c1-2-3-4-10(13)12(8-7-11)9-5-6-9/h9H,2-6,8H2,1H3. The van der Waals surface area contributed by atoms with Crippen LogP contribution in [0.1, 0.15) is 39.0 Å². The first-order chi connectivity index (χ1) is 6.29. The van der Waals surface area contributed by atoms with Gasteiger partial charge in [-0.25, -0.2) is 0 Å². The summed E-state index contributed by atoms with van der Waals surface area (Å²) in [5, 5.41) is 8.54. The molecule has 0 heterocycles. The predicted octanol–water partition coefficient (Wildman–Crippen LogP) is 1.69. The Hall–Kier alpha value is -1.04. The van der Waals surface area contributed by atoms with Crippen LogP contribution in [0.2, 0.25) is 0 Å². The van der Waals surface area contributed by atoms with Gasteiger partial charge in [0.15, 0.2) is 0 Å². The van der Waals surface area contributed by atoms with E-state index in [0.29, 0.717) is 12.5 Å². The molecule has 0 aromatic rings. The Morgan fingerprint density at radius 3 is 2.77 bits per heavy atom. The zero-order valence-corrected chi connectivity index (χ0v) is 8.12. The van der Waals surface area contributed by atoms with Crippen LogP contribution in [0.25, 0.3) is 0 Å². The second kappa shape index (κ2) is 4.86. The molecule has 0 aliphatic heterocycles. The van der Waals surface area contributed by atoms with Crippen molar-refractivity contribution >= 4 is 5.91 Å². The minimum atomic E-state index is 0.158. The topological polar surface area (TPSA) is 44.1 Å². The fourth-order valence-corrected chi connectivity index (χ4v) is 1.35. The number of carbonyl (C=O) groups is 1. The molecule has 0 N–H and O–H groups in total. The third kappa shape index (κ3) is 3.06. The largest absolute Gasteiger partial charge is 0.326 e. The summed E-state index contributed by atoms with van der Waals surface area (Å²) in [5.41, 5.74) is 0. The molecule has 3 heteroatoms. The van der Waals surface area contributed by atoms with Crippen LogP contribution in [-0.2, 0) is 4.79 Å². The number of unbranched alkanes of at least 4 members (excludes halogenated alkanes) is 1. The monoisotopic (exact) mass is 180 g/mol. The van der Waals surface area contributed by atoms with Crippen LogP contribution in [0.15, 0.2) is 0 Å². The fourth-order valence-electron chi connectivity index (χ4n) is 1.35. The van der Waals surface area contributed by atoms with Crippen molar-refractivity contribution in [1.29, 1.82) is 5.26 Å². The lowest BCUT2D eigenvalue weighted by Crippen LogP contribution is -2.33. The SMILES string of the molecule is CCCCC(=O)N(CC#N)C1CC1. The minimum Gasteiger partial charge on any atom is -0.326 e. The molecular formula is C10H16N2O. The molecule has 0 bridgehead atoms. The average Bonchev–Trinajstić information content (AvgIpc) is 2.93. The summed E-state index contributed by atoms with van der Waals surface area (Å²) in [4.78, 5) is 13.3. The molecule has 1 saturated carbocycles. The first-order valence-electron chi connectivity index (χ1n) is 4.96. The van der Waals surface area contributed by atoms with E-state index in [2.05, 4.69) is 13.0 Å². The van der Waals surface area contributed by atoms with Gasteiger partial charge < -0.3 is 4.90 Å². The van der Waals surface area contributed by atoms with Gasteiger partial charge in [0.05, 0.1) is 6.07 Å².